The van der Waals surface area contributed by atoms with Crippen LogP contribution in [0.2, 0.25) is 19.6 Å². The fourth-order valence-electron chi connectivity index (χ4n) is 4.86. The van der Waals surface area contributed by atoms with Crippen molar-refractivity contribution in [3.8, 4) is 11.4 Å². The van der Waals surface area contributed by atoms with Crippen molar-refractivity contribution < 1.29 is 24.2 Å². The Balaban J connectivity index is 1.70. The molecule has 0 spiro atoms. The van der Waals surface area contributed by atoms with E-state index in [1.165, 1.54) is 12.1 Å². The number of rotatable bonds is 4. The number of hydrogen-bond donors (Lipinski definition) is 1. The molecule has 2 aromatic heterocycles. The number of hydrogen-bond acceptors (Lipinski definition) is 7. The molecule has 4 heterocycles. The van der Waals surface area contributed by atoms with Crippen molar-refractivity contribution in [2.45, 2.75) is 51.7 Å². The summed E-state index contributed by atoms with van der Waals surface area (Å²) >= 11 is 0. The van der Waals surface area contributed by atoms with Gasteiger partial charge in [-0.1, -0.05) is 37.8 Å². The molecular formula is C25H26N2O6Si. The molecule has 0 aliphatic carbocycles. The van der Waals surface area contributed by atoms with Gasteiger partial charge in [-0.25, -0.2) is 9.78 Å². The molecule has 34 heavy (non-hydrogen) atoms. The first-order valence-corrected chi connectivity index (χ1v) is 14.7. The van der Waals surface area contributed by atoms with Crippen LogP contribution in [-0.4, -0.2) is 41.3 Å². The van der Waals surface area contributed by atoms with Crippen molar-refractivity contribution in [3.63, 3.8) is 0 Å². The average molecular weight is 479 g/mol. The minimum Gasteiger partial charge on any atom is -0.466 e. The highest BCUT2D eigenvalue weighted by atomic mass is 28.3. The van der Waals surface area contributed by atoms with Crippen LogP contribution in [0.5, 0.6) is 0 Å². The molecule has 5 rings (SSSR count). The highest BCUT2D eigenvalue weighted by Crippen LogP contribution is 2.38. The monoisotopic (exact) mass is 478 g/mol. The van der Waals surface area contributed by atoms with Crippen LogP contribution < -0.4 is 10.7 Å². The molecule has 0 unspecified atom stereocenters. The predicted octanol–water partition coefficient (Wildman–Crippen LogP) is 2.17. The van der Waals surface area contributed by atoms with Crippen molar-refractivity contribution in [1.29, 1.82) is 0 Å². The Labute approximate surface area is 197 Å². The highest BCUT2D eigenvalue weighted by Gasteiger charge is 2.46. The molecule has 1 aromatic carbocycles. The van der Waals surface area contributed by atoms with Crippen LogP contribution in [0.15, 0.2) is 35.1 Å². The van der Waals surface area contributed by atoms with E-state index in [0.717, 1.165) is 16.5 Å². The molecule has 0 amide bonds. The Morgan fingerprint density at radius 2 is 2.03 bits per heavy atom. The van der Waals surface area contributed by atoms with Crippen molar-refractivity contribution >= 4 is 36.1 Å². The molecule has 0 fully saturated rings. The summed E-state index contributed by atoms with van der Waals surface area (Å²) in [5, 5.41) is 13.6. The number of aromatic nitrogens is 2. The van der Waals surface area contributed by atoms with Gasteiger partial charge in [0.2, 0.25) is 0 Å². The average Bonchev–Trinajstić information content (AvgIpc) is 3.12. The van der Waals surface area contributed by atoms with Crippen LogP contribution in [-0.2, 0) is 37.8 Å². The Hall–Kier alpha value is -3.30. The number of esters is 2. The number of pyridine rings is 2. The van der Waals surface area contributed by atoms with Crippen molar-refractivity contribution in [3.05, 3.63) is 57.4 Å². The van der Waals surface area contributed by atoms with Gasteiger partial charge in [0.1, 0.15) is 6.61 Å². The zero-order chi connectivity index (χ0) is 24.4. The fourth-order valence-corrected chi connectivity index (χ4v) is 6.36. The first kappa shape index (κ1) is 22.5. The molecule has 0 saturated carbocycles. The number of para-hydroxylation sites is 1. The maximum Gasteiger partial charge on any atom is 0.343 e. The molecule has 9 heteroatoms. The lowest BCUT2D eigenvalue weighted by Crippen LogP contribution is -2.45. The maximum atomic E-state index is 13.4. The van der Waals surface area contributed by atoms with Crippen molar-refractivity contribution in [1.82, 2.24) is 9.55 Å². The summed E-state index contributed by atoms with van der Waals surface area (Å²) in [7, 11) is -1.69. The Morgan fingerprint density at radius 1 is 1.26 bits per heavy atom. The topological polar surface area (TPSA) is 108 Å². The molecule has 2 aliphatic rings. The van der Waals surface area contributed by atoms with Crippen LogP contribution in [0, 0.1) is 0 Å². The van der Waals surface area contributed by atoms with E-state index < -0.39 is 25.6 Å². The zero-order valence-electron chi connectivity index (χ0n) is 19.6. The number of fused-ring (bicyclic) bond motifs is 5. The van der Waals surface area contributed by atoms with Crippen LogP contribution in [0.1, 0.15) is 30.0 Å². The molecule has 2 aliphatic heterocycles. The van der Waals surface area contributed by atoms with Gasteiger partial charge in [0.15, 0.2) is 5.60 Å². The van der Waals surface area contributed by atoms with E-state index in [2.05, 4.69) is 31.8 Å². The van der Waals surface area contributed by atoms with Gasteiger partial charge in [-0.15, -0.1) is 0 Å². The minimum absolute atomic E-state index is 0.183. The third-order valence-electron chi connectivity index (χ3n) is 6.60. The summed E-state index contributed by atoms with van der Waals surface area (Å²) in [5.41, 5.74) is 1.10. The van der Waals surface area contributed by atoms with Crippen LogP contribution in [0.4, 0.5) is 0 Å². The molecule has 176 valence electrons. The van der Waals surface area contributed by atoms with E-state index in [9.17, 15) is 19.5 Å². The van der Waals surface area contributed by atoms with Gasteiger partial charge in [0, 0.05) is 29.9 Å². The van der Waals surface area contributed by atoms with Crippen LogP contribution in [0.25, 0.3) is 22.3 Å². The number of carbonyl (C=O) groups is 2. The summed E-state index contributed by atoms with van der Waals surface area (Å²) in [4.78, 5) is 42.2. The van der Waals surface area contributed by atoms with E-state index in [0.29, 0.717) is 17.9 Å². The standard InChI is InChI=1S/C25H26N2O6Si/c1-14(28)32-9-8-25(31)18-11-19-21-16(12-27(19)23(29)17(18)13-33-24(25)30)10-15-6-5-7-20(22(15)26-21)34(2,3)4/h5-7,10-11,31H,8-9,12-13H2,1-4H3/t25-/m0/s1. The summed E-state index contributed by atoms with van der Waals surface area (Å²) in [5.74, 6) is -1.38. The minimum atomic E-state index is -2.08. The Bertz CT molecular complexity index is 1440. The van der Waals surface area contributed by atoms with Crippen LogP contribution >= 0.6 is 0 Å². The van der Waals surface area contributed by atoms with E-state index in [1.54, 1.807) is 10.6 Å². The molecule has 1 atom stereocenters. The molecular weight excluding hydrogens is 452 g/mol. The van der Waals surface area contributed by atoms with E-state index in [-0.39, 0.29) is 36.3 Å². The largest absolute Gasteiger partial charge is 0.466 e. The summed E-state index contributed by atoms with van der Waals surface area (Å²) in [6, 6.07) is 9.94. The van der Waals surface area contributed by atoms with Gasteiger partial charge in [0.05, 0.1) is 43.7 Å². The Morgan fingerprint density at radius 3 is 2.74 bits per heavy atom. The van der Waals surface area contributed by atoms with Crippen molar-refractivity contribution in [2.24, 2.45) is 0 Å². The maximum absolute atomic E-state index is 13.4. The first-order valence-electron chi connectivity index (χ1n) is 11.2. The molecule has 0 radical (unpaired) electrons. The lowest BCUT2D eigenvalue weighted by atomic mass is 9.85. The second-order valence-electron chi connectivity index (χ2n) is 9.96. The molecule has 8 nitrogen and oxygen atoms in total. The van der Waals surface area contributed by atoms with Gasteiger partial charge < -0.3 is 19.1 Å². The number of cyclic esters (lactones) is 1. The van der Waals surface area contributed by atoms with Gasteiger partial charge in [0.25, 0.3) is 5.56 Å². The van der Waals surface area contributed by atoms with Crippen LogP contribution in [0.3, 0.4) is 0 Å². The second-order valence-corrected chi connectivity index (χ2v) is 15.0. The summed E-state index contributed by atoms with van der Waals surface area (Å²) in [6.07, 6.45) is -0.209. The summed E-state index contributed by atoms with van der Waals surface area (Å²) in [6.45, 7) is 8.00. The number of aliphatic hydroxyl groups is 1. The number of benzene rings is 1. The number of carbonyl (C=O) groups excluding carboxylic acids is 2. The summed E-state index contributed by atoms with van der Waals surface area (Å²) < 4.78 is 11.7. The molecule has 1 N–H and O–H groups in total. The second kappa shape index (κ2) is 7.61. The first-order chi connectivity index (χ1) is 16.0. The number of ether oxygens (including phenoxy) is 2. The van der Waals surface area contributed by atoms with Gasteiger partial charge in [-0.3, -0.25) is 9.59 Å². The smallest absolute Gasteiger partial charge is 0.343 e. The normalized spacial score (nSPS) is 18.8. The Kier molecular flexibility index (Phi) is 5.03. The SMILES string of the molecule is CC(=O)OCC[C@@]1(O)C(=O)OCc2c1cc1n(c2=O)Cc2cc3cccc([Si](C)(C)C)c3nc2-1. The van der Waals surface area contributed by atoms with E-state index >= 15 is 0 Å². The fraction of sp³-hybridized carbons (Fsp3) is 0.360. The molecule has 0 bridgehead atoms. The van der Waals surface area contributed by atoms with E-state index in [1.807, 2.05) is 12.1 Å². The number of nitrogens with zero attached hydrogens (tertiary/aromatic N) is 2. The quantitative estimate of drug-likeness (QED) is 0.354. The lowest BCUT2D eigenvalue weighted by molar-refractivity contribution is -0.175. The van der Waals surface area contributed by atoms with Crippen molar-refractivity contribution in [2.75, 3.05) is 6.61 Å². The zero-order valence-corrected chi connectivity index (χ0v) is 20.6. The molecule has 3 aromatic rings. The lowest BCUT2D eigenvalue weighted by Gasteiger charge is -2.32. The van der Waals surface area contributed by atoms with Gasteiger partial charge >= 0.3 is 11.9 Å². The van der Waals surface area contributed by atoms with Gasteiger partial charge in [-0.2, -0.15) is 0 Å². The highest BCUT2D eigenvalue weighted by molar-refractivity contribution is 6.90. The van der Waals surface area contributed by atoms with E-state index in [4.69, 9.17) is 14.5 Å². The molecule has 0 saturated heterocycles. The third kappa shape index (κ3) is 3.38. The predicted molar refractivity (Wildman–Crippen MR) is 128 cm³/mol. The third-order valence-corrected chi connectivity index (χ3v) is 8.62. The van der Waals surface area contributed by atoms with Gasteiger partial charge in [-0.05, 0) is 17.3 Å².